The topological polar surface area (TPSA) is 99.3 Å². The zero-order valence-corrected chi connectivity index (χ0v) is 16.0. The normalized spacial score (nSPS) is 11.9. The highest BCUT2D eigenvalue weighted by Crippen LogP contribution is 2.24. The number of halogens is 1. The number of rotatable bonds is 5. The van der Waals surface area contributed by atoms with Crippen molar-refractivity contribution in [2.45, 2.75) is 19.4 Å². The molecule has 138 valence electrons. The molecule has 0 aliphatic carbocycles. The van der Waals surface area contributed by atoms with Gasteiger partial charge in [-0.1, -0.05) is 46.3 Å². The van der Waals surface area contributed by atoms with Crippen molar-refractivity contribution >= 4 is 38.7 Å². The van der Waals surface area contributed by atoms with Gasteiger partial charge in [-0.2, -0.15) is 0 Å². The lowest BCUT2D eigenvalue weighted by Gasteiger charge is -2.11. The van der Waals surface area contributed by atoms with Gasteiger partial charge >= 0.3 is 5.97 Å². The van der Waals surface area contributed by atoms with Crippen LogP contribution in [0.25, 0.3) is 10.9 Å². The van der Waals surface area contributed by atoms with Crippen LogP contribution in [0.2, 0.25) is 0 Å². The van der Waals surface area contributed by atoms with Gasteiger partial charge in [0.25, 0.3) is 5.91 Å². The Balaban J connectivity index is 1.97. The van der Waals surface area contributed by atoms with Crippen LogP contribution in [-0.4, -0.2) is 28.0 Å². The second kappa shape index (κ2) is 7.75. The van der Waals surface area contributed by atoms with Gasteiger partial charge in [0.05, 0.1) is 0 Å². The maximum atomic E-state index is 12.7. The van der Waals surface area contributed by atoms with Crippen molar-refractivity contribution in [1.82, 2.24) is 10.3 Å². The number of aromatic nitrogens is 1. The molecule has 0 spiro atoms. The van der Waals surface area contributed by atoms with Crippen LogP contribution in [0.5, 0.6) is 0 Å². The molecule has 6 nitrogen and oxygen atoms in total. The molecule has 3 rings (SSSR count). The highest BCUT2D eigenvalue weighted by molar-refractivity contribution is 9.10. The van der Waals surface area contributed by atoms with E-state index in [1.54, 1.807) is 6.07 Å². The molecule has 0 fully saturated rings. The molecule has 0 aliphatic rings. The molecule has 0 saturated heterocycles. The van der Waals surface area contributed by atoms with Gasteiger partial charge in [0.15, 0.2) is 0 Å². The van der Waals surface area contributed by atoms with Crippen molar-refractivity contribution in [3.8, 4) is 0 Å². The average Bonchev–Trinajstić information content (AvgIpc) is 2.64. The van der Waals surface area contributed by atoms with Gasteiger partial charge in [-0.15, -0.1) is 0 Å². The van der Waals surface area contributed by atoms with Gasteiger partial charge < -0.3 is 15.4 Å². The summed E-state index contributed by atoms with van der Waals surface area (Å²) in [5, 5.41) is 11.5. The Morgan fingerprint density at radius 2 is 1.93 bits per heavy atom. The van der Waals surface area contributed by atoms with Crippen molar-refractivity contribution in [3.63, 3.8) is 0 Å². The van der Waals surface area contributed by atoms with Crippen LogP contribution in [-0.2, 0) is 11.2 Å². The number of carboxylic acids is 1. The molecule has 27 heavy (non-hydrogen) atoms. The highest BCUT2D eigenvalue weighted by Gasteiger charge is 2.19. The Labute approximate surface area is 163 Å². The van der Waals surface area contributed by atoms with Gasteiger partial charge in [-0.3, -0.25) is 14.4 Å². The molecule has 1 amide bonds. The molecule has 3 aromatic rings. The number of carboxylic acid groups (broad SMARTS) is 1. The zero-order chi connectivity index (χ0) is 19.6. The standard InChI is InChI=1S/C20H17BrN2O4/c1-11(20(26)27)23-19(25)15-10-22-17-8-13(7-12-5-3-2-4-6-12)16(21)9-14(17)18(15)24/h2-6,8-11H,7H2,1H3,(H,22,24)(H,23,25)(H,26,27)/t11-/m0/s1. The van der Waals surface area contributed by atoms with Gasteiger partial charge in [0, 0.05) is 21.6 Å². The summed E-state index contributed by atoms with van der Waals surface area (Å²) in [6, 6.07) is 12.4. The van der Waals surface area contributed by atoms with E-state index in [2.05, 4.69) is 26.2 Å². The summed E-state index contributed by atoms with van der Waals surface area (Å²) in [7, 11) is 0. The number of amides is 1. The number of carbonyl (C=O) groups is 2. The maximum absolute atomic E-state index is 12.7. The van der Waals surface area contributed by atoms with Crippen LogP contribution in [0.4, 0.5) is 0 Å². The Morgan fingerprint density at radius 3 is 2.59 bits per heavy atom. The largest absolute Gasteiger partial charge is 0.480 e. The zero-order valence-electron chi connectivity index (χ0n) is 14.5. The number of hydrogen-bond acceptors (Lipinski definition) is 3. The quantitative estimate of drug-likeness (QED) is 0.581. The molecule has 1 atom stereocenters. The third-order valence-corrected chi connectivity index (χ3v) is 4.99. The number of aliphatic carboxylic acids is 1. The molecule has 7 heteroatoms. The smallest absolute Gasteiger partial charge is 0.325 e. The van der Waals surface area contributed by atoms with Crippen molar-refractivity contribution in [3.05, 3.63) is 80.0 Å². The summed E-state index contributed by atoms with van der Waals surface area (Å²) in [4.78, 5) is 38.8. The first-order valence-corrected chi connectivity index (χ1v) is 9.07. The molecule has 0 unspecified atom stereocenters. The van der Waals surface area contributed by atoms with Gasteiger partial charge in [0.2, 0.25) is 5.43 Å². The summed E-state index contributed by atoms with van der Waals surface area (Å²) in [5.41, 5.74) is 2.17. The predicted octanol–water partition coefficient (Wildman–Crippen LogP) is 3.08. The van der Waals surface area contributed by atoms with E-state index in [9.17, 15) is 14.4 Å². The van der Waals surface area contributed by atoms with Crippen LogP contribution >= 0.6 is 15.9 Å². The molecule has 2 aromatic carbocycles. The second-order valence-corrected chi connectivity index (χ2v) is 7.07. The van der Waals surface area contributed by atoms with Crippen molar-refractivity contribution < 1.29 is 14.7 Å². The molecular formula is C20H17BrN2O4. The summed E-state index contributed by atoms with van der Waals surface area (Å²) < 4.78 is 0.765. The minimum absolute atomic E-state index is 0.127. The molecular weight excluding hydrogens is 412 g/mol. The number of pyridine rings is 1. The first-order chi connectivity index (χ1) is 12.9. The van der Waals surface area contributed by atoms with E-state index < -0.39 is 23.3 Å². The lowest BCUT2D eigenvalue weighted by Crippen LogP contribution is -2.40. The van der Waals surface area contributed by atoms with Gasteiger partial charge in [-0.05, 0) is 36.6 Å². The second-order valence-electron chi connectivity index (χ2n) is 6.22. The van der Waals surface area contributed by atoms with Gasteiger partial charge in [-0.25, -0.2) is 0 Å². The first kappa shape index (κ1) is 18.8. The van der Waals surface area contributed by atoms with E-state index in [0.717, 1.165) is 15.6 Å². The molecule has 1 aromatic heterocycles. The van der Waals surface area contributed by atoms with E-state index in [0.29, 0.717) is 17.3 Å². The number of fused-ring (bicyclic) bond motifs is 1. The van der Waals surface area contributed by atoms with E-state index in [1.807, 2.05) is 36.4 Å². The Kier molecular flexibility index (Phi) is 5.41. The van der Waals surface area contributed by atoms with E-state index >= 15 is 0 Å². The van der Waals surface area contributed by atoms with E-state index in [4.69, 9.17) is 5.11 Å². The minimum atomic E-state index is -1.17. The lowest BCUT2D eigenvalue weighted by atomic mass is 10.0. The SMILES string of the molecule is C[C@H](NC(=O)c1c[nH]c2cc(Cc3ccccc3)c(Br)cc2c1=O)C(=O)O. The minimum Gasteiger partial charge on any atom is -0.480 e. The average molecular weight is 429 g/mol. The lowest BCUT2D eigenvalue weighted by molar-refractivity contribution is -0.138. The molecule has 3 N–H and O–H groups in total. The number of hydrogen-bond donors (Lipinski definition) is 3. The van der Waals surface area contributed by atoms with E-state index in [1.165, 1.54) is 13.1 Å². The number of aromatic amines is 1. The fourth-order valence-electron chi connectivity index (χ4n) is 2.74. The number of benzene rings is 2. The molecule has 0 saturated carbocycles. The first-order valence-electron chi connectivity index (χ1n) is 8.28. The van der Waals surface area contributed by atoms with Crippen LogP contribution in [0.15, 0.2) is 57.9 Å². The number of H-pyrrole nitrogens is 1. The fraction of sp³-hybridized carbons (Fsp3) is 0.150. The Bertz CT molecular complexity index is 1080. The third kappa shape index (κ3) is 4.09. The molecule has 0 aliphatic heterocycles. The fourth-order valence-corrected chi connectivity index (χ4v) is 3.23. The van der Waals surface area contributed by atoms with Crippen LogP contribution in [0.3, 0.4) is 0 Å². The van der Waals surface area contributed by atoms with Crippen LogP contribution < -0.4 is 10.7 Å². The van der Waals surface area contributed by atoms with Gasteiger partial charge in [0.1, 0.15) is 11.6 Å². The van der Waals surface area contributed by atoms with Crippen molar-refractivity contribution in [1.29, 1.82) is 0 Å². The molecule has 0 radical (unpaired) electrons. The molecule has 1 heterocycles. The Hall–Kier alpha value is -2.93. The highest BCUT2D eigenvalue weighted by atomic mass is 79.9. The van der Waals surface area contributed by atoms with E-state index in [-0.39, 0.29) is 5.56 Å². The summed E-state index contributed by atoms with van der Waals surface area (Å²) in [5.74, 6) is -1.90. The van der Waals surface area contributed by atoms with Crippen LogP contribution in [0, 0.1) is 0 Å². The molecule has 0 bridgehead atoms. The summed E-state index contributed by atoms with van der Waals surface area (Å²) >= 11 is 3.50. The third-order valence-electron chi connectivity index (χ3n) is 4.25. The summed E-state index contributed by atoms with van der Waals surface area (Å²) in [6.45, 7) is 1.34. The number of nitrogens with one attached hydrogen (secondary N) is 2. The Morgan fingerprint density at radius 1 is 1.22 bits per heavy atom. The monoisotopic (exact) mass is 428 g/mol. The number of carbonyl (C=O) groups excluding carboxylic acids is 1. The maximum Gasteiger partial charge on any atom is 0.325 e. The summed E-state index contributed by atoms with van der Waals surface area (Å²) in [6.07, 6.45) is 2.01. The van der Waals surface area contributed by atoms with Crippen LogP contribution in [0.1, 0.15) is 28.4 Å². The van der Waals surface area contributed by atoms with Crippen molar-refractivity contribution in [2.24, 2.45) is 0 Å². The predicted molar refractivity (Wildman–Crippen MR) is 106 cm³/mol. The van der Waals surface area contributed by atoms with Crippen molar-refractivity contribution in [2.75, 3.05) is 0 Å².